The summed E-state index contributed by atoms with van der Waals surface area (Å²) in [6, 6.07) is 10.8. The first kappa shape index (κ1) is 11.5. The molecule has 0 radical (unpaired) electrons. The Hall–Kier alpha value is -1.61. The lowest BCUT2D eigenvalue weighted by Crippen LogP contribution is -2.14. The van der Waals surface area contributed by atoms with Crippen molar-refractivity contribution in [3.8, 4) is 0 Å². The van der Waals surface area contributed by atoms with Gasteiger partial charge in [-0.15, -0.1) is 0 Å². The van der Waals surface area contributed by atoms with E-state index in [9.17, 15) is 0 Å². The van der Waals surface area contributed by atoms with Crippen LogP contribution in [0.1, 0.15) is 35.2 Å². The van der Waals surface area contributed by atoms with Gasteiger partial charge in [0, 0.05) is 24.3 Å². The summed E-state index contributed by atoms with van der Waals surface area (Å²) in [6.07, 6.45) is 3.11. The van der Waals surface area contributed by atoms with Crippen molar-refractivity contribution in [2.75, 3.05) is 0 Å². The third kappa shape index (κ3) is 1.85. The number of rotatable bonds is 3. The van der Waals surface area contributed by atoms with Gasteiger partial charge >= 0.3 is 0 Å². The maximum atomic E-state index is 6.39. The molecule has 3 rings (SSSR count). The second-order valence-electron chi connectivity index (χ2n) is 5.25. The number of aromatic nitrogens is 2. The first-order valence-corrected chi connectivity index (χ1v) is 6.47. The fourth-order valence-electron chi connectivity index (χ4n) is 2.77. The fraction of sp³-hybridized carbons (Fsp3) is 0.400. The molecule has 1 saturated carbocycles. The Bertz CT molecular complexity index is 544. The monoisotopic (exact) mass is 241 g/mol. The molecular formula is C15H19N3. The van der Waals surface area contributed by atoms with E-state index < -0.39 is 0 Å². The van der Waals surface area contributed by atoms with Crippen LogP contribution >= 0.6 is 0 Å². The van der Waals surface area contributed by atoms with Gasteiger partial charge < -0.3 is 5.73 Å². The van der Waals surface area contributed by atoms with E-state index >= 15 is 0 Å². The van der Waals surface area contributed by atoms with Crippen molar-refractivity contribution in [3.05, 3.63) is 53.3 Å². The molecule has 3 atom stereocenters. The zero-order chi connectivity index (χ0) is 12.7. The lowest BCUT2D eigenvalue weighted by atomic mass is 10.0. The number of aryl methyl sites for hydroxylation is 1. The molecule has 94 valence electrons. The van der Waals surface area contributed by atoms with Crippen LogP contribution in [0.4, 0.5) is 0 Å². The second kappa shape index (κ2) is 4.25. The largest absolute Gasteiger partial charge is 0.324 e. The maximum absolute atomic E-state index is 6.39. The first-order chi connectivity index (χ1) is 8.68. The molecule has 3 unspecified atom stereocenters. The molecule has 2 N–H and O–H groups in total. The Morgan fingerprint density at radius 2 is 2.06 bits per heavy atom. The number of hydrogen-bond acceptors (Lipinski definition) is 2. The smallest absolute Gasteiger partial charge is 0.0540 e. The summed E-state index contributed by atoms with van der Waals surface area (Å²) in [5.74, 6) is 1.19. The zero-order valence-corrected chi connectivity index (χ0v) is 10.9. The lowest BCUT2D eigenvalue weighted by molar-refractivity contribution is 0.609. The number of nitrogens with two attached hydrogens (primary N) is 1. The molecular weight excluding hydrogens is 222 g/mol. The summed E-state index contributed by atoms with van der Waals surface area (Å²) in [5, 5.41) is 4.28. The first-order valence-electron chi connectivity index (χ1n) is 6.47. The van der Waals surface area contributed by atoms with Gasteiger partial charge in [0.15, 0.2) is 0 Å². The molecule has 1 aliphatic carbocycles. The molecule has 0 spiro atoms. The van der Waals surface area contributed by atoms with E-state index in [1.807, 2.05) is 17.9 Å². The van der Waals surface area contributed by atoms with E-state index in [2.05, 4.69) is 42.4 Å². The average Bonchev–Trinajstić information content (AvgIpc) is 3.13. The van der Waals surface area contributed by atoms with Crippen LogP contribution in [0.25, 0.3) is 0 Å². The Labute approximate surface area is 108 Å². The Balaban J connectivity index is 1.77. The molecule has 1 fully saturated rings. The molecule has 3 nitrogen and oxygen atoms in total. The fourth-order valence-corrected chi connectivity index (χ4v) is 2.77. The van der Waals surface area contributed by atoms with Crippen LogP contribution in [0.2, 0.25) is 0 Å². The average molecular weight is 241 g/mol. The number of nitrogens with zero attached hydrogens (tertiary/aromatic N) is 2. The Kier molecular flexibility index (Phi) is 2.71. The molecule has 1 heterocycles. The van der Waals surface area contributed by atoms with Crippen molar-refractivity contribution >= 4 is 0 Å². The van der Waals surface area contributed by atoms with Gasteiger partial charge in [-0.3, -0.25) is 4.68 Å². The molecule has 18 heavy (non-hydrogen) atoms. The van der Waals surface area contributed by atoms with Crippen molar-refractivity contribution in [1.82, 2.24) is 9.78 Å². The van der Waals surface area contributed by atoms with Gasteiger partial charge in [0.05, 0.1) is 6.20 Å². The highest BCUT2D eigenvalue weighted by Gasteiger charge is 2.43. The van der Waals surface area contributed by atoms with Crippen LogP contribution in [0.3, 0.4) is 0 Å². The molecule has 0 amide bonds. The van der Waals surface area contributed by atoms with Crippen LogP contribution in [-0.2, 0) is 7.05 Å². The minimum absolute atomic E-state index is 0.115. The van der Waals surface area contributed by atoms with Crippen LogP contribution in [0.5, 0.6) is 0 Å². The summed E-state index contributed by atoms with van der Waals surface area (Å²) in [5.41, 5.74) is 10.2. The Morgan fingerprint density at radius 3 is 2.67 bits per heavy atom. The molecule has 1 aliphatic rings. The lowest BCUT2D eigenvalue weighted by Gasteiger charge is -2.11. The van der Waals surface area contributed by atoms with E-state index in [1.54, 1.807) is 0 Å². The summed E-state index contributed by atoms with van der Waals surface area (Å²) in [7, 11) is 1.97. The third-order valence-electron chi connectivity index (χ3n) is 4.16. The Morgan fingerprint density at radius 1 is 1.33 bits per heavy atom. The van der Waals surface area contributed by atoms with Crippen LogP contribution in [0, 0.1) is 12.8 Å². The van der Waals surface area contributed by atoms with Crippen molar-refractivity contribution in [1.29, 1.82) is 0 Å². The van der Waals surface area contributed by atoms with Crippen LogP contribution in [0.15, 0.2) is 36.5 Å². The highest BCUT2D eigenvalue weighted by atomic mass is 15.3. The van der Waals surface area contributed by atoms with Crippen molar-refractivity contribution in [3.63, 3.8) is 0 Å². The number of hydrogen-bond donors (Lipinski definition) is 1. The second-order valence-corrected chi connectivity index (χ2v) is 5.25. The van der Waals surface area contributed by atoms with Gasteiger partial charge in [-0.1, -0.05) is 30.3 Å². The van der Waals surface area contributed by atoms with E-state index in [0.29, 0.717) is 11.8 Å². The normalized spacial score (nSPS) is 23.9. The molecule has 0 bridgehead atoms. The quantitative estimate of drug-likeness (QED) is 0.897. The molecule has 3 heteroatoms. The van der Waals surface area contributed by atoms with Gasteiger partial charge in [0.2, 0.25) is 0 Å². The van der Waals surface area contributed by atoms with Crippen molar-refractivity contribution in [2.24, 2.45) is 18.7 Å². The maximum Gasteiger partial charge on any atom is 0.0540 e. The highest BCUT2D eigenvalue weighted by molar-refractivity contribution is 5.30. The van der Waals surface area contributed by atoms with Gasteiger partial charge in [0.1, 0.15) is 0 Å². The molecule has 0 aliphatic heterocycles. The zero-order valence-electron chi connectivity index (χ0n) is 10.9. The van der Waals surface area contributed by atoms with Crippen LogP contribution in [-0.4, -0.2) is 9.78 Å². The van der Waals surface area contributed by atoms with E-state index in [1.165, 1.54) is 23.2 Å². The minimum Gasteiger partial charge on any atom is -0.324 e. The van der Waals surface area contributed by atoms with Gasteiger partial charge in [-0.2, -0.15) is 5.10 Å². The van der Waals surface area contributed by atoms with Crippen LogP contribution < -0.4 is 5.73 Å². The molecule has 1 aromatic heterocycles. The molecule has 1 aromatic carbocycles. The topological polar surface area (TPSA) is 43.8 Å². The van der Waals surface area contributed by atoms with Gasteiger partial charge in [-0.25, -0.2) is 0 Å². The standard InChI is InChI=1S/C15H19N3/c1-10-14(9-17-18(10)2)15(16)13-8-12(13)11-6-4-3-5-7-11/h3-7,9,12-13,15H,8,16H2,1-2H3. The minimum atomic E-state index is 0.115. The summed E-state index contributed by atoms with van der Waals surface area (Å²) >= 11 is 0. The predicted octanol–water partition coefficient (Wildman–Crippen LogP) is 2.53. The van der Waals surface area contributed by atoms with Crippen molar-refractivity contribution < 1.29 is 0 Å². The predicted molar refractivity (Wildman–Crippen MR) is 72.2 cm³/mol. The van der Waals surface area contributed by atoms with Gasteiger partial charge in [0.25, 0.3) is 0 Å². The highest BCUT2D eigenvalue weighted by Crippen LogP contribution is 2.53. The van der Waals surface area contributed by atoms with Crippen molar-refractivity contribution in [2.45, 2.75) is 25.3 Å². The molecule has 2 aromatic rings. The van der Waals surface area contributed by atoms with Gasteiger partial charge in [-0.05, 0) is 30.7 Å². The number of benzene rings is 1. The van der Waals surface area contributed by atoms with E-state index in [0.717, 1.165) is 0 Å². The summed E-state index contributed by atoms with van der Waals surface area (Å²) in [4.78, 5) is 0. The summed E-state index contributed by atoms with van der Waals surface area (Å²) in [6.45, 7) is 2.09. The summed E-state index contributed by atoms with van der Waals surface area (Å²) < 4.78 is 1.90. The SMILES string of the molecule is Cc1c(C(N)C2CC2c2ccccc2)cnn1C. The van der Waals surface area contributed by atoms with E-state index in [4.69, 9.17) is 5.73 Å². The third-order valence-corrected chi connectivity index (χ3v) is 4.16. The van der Waals surface area contributed by atoms with E-state index in [-0.39, 0.29) is 6.04 Å². The molecule has 0 saturated heterocycles.